The summed E-state index contributed by atoms with van der Waals surface area (Å²) < 4.78 is 2.01. The van der Waals surface area contributed by atoms with Crippen molar-refractivity contribution in [3.8, 4) is 0 Å². The van der Waals surface area contributed by atoms with E-state index in [0.29, 0.717) is 18.4 Å². The summed E-state index contributed by atoms with van der Waals surface area (Å²) in [6.07, 6.45) is 2.54. The van der Waals surface area contributed by atoms with Gasteiger partial charge < -0.3 is 5.73 Å². The Labute approximate surface area is 105 Å². The van der Waals surface area contributed by atoms with Crippen LogP contribution in [0.2, 0.25) is 0 Å². The zero-order chi connectivity index (χ0) is 13.1. The molecule has 0 aliphatic carbocycles. The van der Waals surface area contributed by atoms with Crippen molar-refractivity contribution in [1.82, 2.24) is 14.8 Å². The second kappa shape index (κ2) is 5.63. The van der Waals surface area contributed by atoms with Gasteiger partial charge in [0.25, 0.3) is 0 Å². The standard InChI is InChI=1S/C13H26N4/c1-10(2)7-17-12(15-9-16-17)6-13(5,8-14)11(3)4/h9-11H,6-8,14H2,1-5H3. The Kier molecular flexibility index (Phi) is 4.69. The van der Waals surface area contributed by atoms with E-state index in [0.717, 1.165) is 18.8 Å². The minimum atomic E-state index is 0.0990. The summed E-state index contributed by atoms with van der Waals surface area (Å²) in [5, 5.41) is 4.30. The van der Waals surface area contributed by atoms with Gasteiger partial charge in [-0.05, 0) is 23.8 Å². The van der Waals surface area contributed by atoms with Gasteiger partial charge in [-0.15, -0.1) is 0 Å². The molecule has 98 valence electrons. The van der Waals surface area contributed by atoms with E-state index in [1.165, 1.54) is 0 Å². The molecule has 1 atom stereocenters. The number of nitrogens with two attached hydrogens (primary N) is 1. The lowest BCUT2D eigenvalue weighted by atomic mass is 9.76. The first-order chi connectivity index (χ1) is 7.89. The Morgan fingerprint density at radius 3 is 2.47 bits per heavy atom. The Bertz CT molecular complexity index is 343. The molecule has 0 aromatic carbocycles. The predicted molar refractivity (Wildman–Crippen MR) is 70.6 cm³/mol. The molecule has 17 heavy (non-hydrogen) atoms. The number of hydrogen-bond acceptors (Lipinski definition) is 3. The van der Waals surface area contributed by atoms with Gasteiger partial charge >= 0.3 is 0 Å². The highest BCUT2D eigenvalue weighted by Gasteiger charge is 2.29. The van der Waals surface area contributed by atoms with Gasteiger partial charge in [-0.3, -0.25) is 0 Å². The zero-order valence-electron chi connectivity index (χ0n) is 11.8. The monoisotopic (exact) mass is 238 g/mol. The Balaban J connectivity index is 2.83. The highest BCUT2D eigenvalue weighted by atomic mass is 15.3. The molecule has 0 fully saturated rings. The first-order valence-electron chi connectivity index (χ1n) is 6.46. The first-order valence-corrected chi connectivity index (χ1v) is 6.46. The van der Waals surface area contributed by atoms with E-state index < -0.39 is 0 Å². The van der Waals surface area contributed by atoms with Crippen LogP contribution in [0.5, 0.6) is 0 Å². The highest BCUT2D eigenvalue weighted by molar-refractivity contribution is 4.94. The largest absolute Gasteiger partial charge is 0.330 e. The van der Waals surface area contributed by atoms with Crippen LogP contribution in [0, 0.1) is 17.3 Å². The van der Waals surface area contributed by atoms with Crippen molar-refractivity contribution < 1.29 is 0 Å². The van der Waals surface area contributed by atoms with Crippen LogP contribution in [0.4, 0.5) is 0 Å². The third kappa shape index (κ3) is 3.53. The topological polar surface area (TPSA) is 56.7 Å². The zero-order valence-corrected chi connectivity index (χ0v) is 11.8. The highest BCUT2D eigenvalue weighted by Crippen LogP contribution is 2.29. The van der Waals surface area contributed by atoms with Gasteiger partial charge in [-0.2, -0.15) is 5.10 Å². The van der Waals surface area contributed by atoms with E-state index in [9.17, 15) is 0 Å². The second-order valence-corrected chi connectivity index (χ2v) is 5.94. The van der Waals surface area contributed by atoms with Crippen LogP contribution in [0.1, 0.15) is 40.4 Å². The summed E-state index contributed by atoms with van der Waals surface area (Å²) in [5.74, 6) is 2.18. The maximum absolute atomic E-state index is 5.92. The lowest BCUT2D eigenvalue weighted by Gasteiger charge is -2.32. The number of nitrogens with zero attached hydrogens (tertiary/aromatic N) is 3. The molecule has 0 spiro atoms. The Morgan fingerprint density at radius 2 is 2.00 bits per heavy atom. The minimum absolute atomic E-state index is 0.0990. The lowest BCUT2D eigenvalue weighted by molar-refractivity contribution is 0.218. The summed E-state index contributed by atoms with van der Waals surface area (Å²) >= 11 is 0. The van der Waals surface area contributed by atoms with Crippen LogP contribution >= 0.6 is 0 Å². The van der Waals surface area contributed by atoms with Gasteiger partial charge in [0.2, 0.25) is 0 Å². The van der Waals surface area contributed by atoms with Gasteiger partial charge in [0, 0.05) is 13.0 Å². The van der Waals surface area contributed by atoms with Crippen LogP contribution in [0.3, 0.4) is 0 Å². The van der Waals surface area contributed by atoms with Crippen molar-refractivity contribution in [2.24, 2.45) is 23.0 Å². The van der Waals surface area contributed by atoms with Crippen LogP contribution < -0.4 is 5.73 Å². The third-order valence-electron chi connectivity index (χ3n) is 3.66. The summed E-state index contributed by atoms with van der Waals surface area (Å²) in [7, 11) is 0. The molecule has 0 radical (unpaired) electrons. The predicted octanol–water partition coefficient (Wildman–Crippen LogP) is 2.10. The maximum Gasteiger partial charge on any atom is 0.138 e. The lowest BCUT2D eigenvalue weighted by Crippen LogP contribution is -2.35. The fourth-order valence-corrected chi connectivity index (χ4v) is 1.80. The molecule has 1 aromatic rings. The average Bonchev–Trinajstić information content (AvgIpc) is 2.64. The molecular formula is C13H26N4. The van der Waals surface area contributed by atoms with Crippen molar-refractivity contribution in [2.75, 3.05) is 6.54 Å². The first kappa shape index (κ1) is 14.2. The average molecular weight is 238 g/mol. The van der Waals surface area contributed by atoms with E-state index in [1.54, 1.807) is 6.33 Å². The molecule has 0 amide bonds. The molecule has 0 saturated carbocycles. The maximum atomic E-state index is 5.92. The van der Waals surface area contributed by atoms with Gasteiger partial charge in [-0.1, -0.05) is 34.6 Å². The van der Waals surface area contributed by atoms with E-state index >= 15 is 0 Å². The van der Waals surface area contributed by atoms with Gasteiger partial charge in [0.05, 0.1) is 0 Å². The molecular weight excluding hydrogens is 212 g/mol. The Hall–Kier alpha value is -0.900. The summed E-state index contributed by atoms with van der Waals surface area (Å²) in [6.45, 7) is 12.7. The molecule has 0 bridgehead atoms. The Morgan fingerprint density at radius 1 is 1.35 bits per heavy atom. The number of rotatable bonds is 6. The van der Waals surface area contributed by atoms with Crippen molar-refractivity contribution in [3.05, 3.63) is 12.2 Å². The van der Waals surface area contributed by atoms with Crippen LogP contribution in [0.15, 0.2) is 6.33 Å². The molecule has 0 aliphatic heterocycles. The molecule has 0 saturated heterocycles. The smallest absolute Gasteiger partial charge is 0.138 e. The molecule has 1 rings (SSSR count). The van der Waals surface area contributed by atoms with Crippen LogP contribution in [-0.4, -0.2) is 21.3 Å². The van der Waals surface area contributed by atoms with Crippen LogP contribution in [0.25, 0.3) is 0 Å². The van der Waals surface area contributed by atoms with E-state index in [2.05, 4.69) is 44.7 Å². The molecule has 1 aromatic heterocycles. The molecule has 4 nitrogen and oxygen atoms in total. The quantitative estimate of drug-likeness (QED) is 0.825. The van der Waals surface area contributed by atoms with Gasteiger partial charge in [0.15, 0.2) is 0 Å². The fraction of sp³-hybridized carbons (Fsp3) is 0.846. The number of aromatic nitrogens is 3. The fourth-order valence-electron chi connectivity index (χ4n) is 1.80. The van der Waals surface area contributed by atoms with Crippen molar-refractivity contribution in [3.63, 3.8) is 0 Å². The minimum Gasteiger partial charge on any atom is -0.330 e. The summed E-state index contributed by atoms with van der Waals surface area (Å²) in [5.41, 5.74) is 6.02. The molecule has 1 heterocycles. The molecule has 0 aliphatic rings. The third-order valence-corrected chi connectivity index (χ3v) is 3.66. The van der Waals surface area contributed by atoms with E-state index in [4.69, 9.17) is 5.73 Å². The van der Waals surface area contributed by atoms with Gasteiger partial charge in [0.1, 0.15) is 12.2 Å². The van der Waals surface area contributed by atoms with Crippen molar-refractivity contribution >= 4 is 0 Å². The molecule has 4 heteroatoms. The second-order valence-electron chi connectivity index (χ2n) is 5.94. The SMILES string of the molecule is CC(C)Cn1ncnc1CC(C)(CN)C(C)C. The van der Waals surface area contributed by atoms with Crippen molar-refractivity contribution in [2.45, 2.75) is 47.6 Å². The molecule has 2 N–H and O–H groups in total. The van der Waals surface area contributed by atoms with E-state index in [1.807, 2.05) is 4.68 Å². The van der Waals surface area contributed by atoms with Crippen LogP contribution in [-0.2, 0) is 13.0 Å². The number of hydrogen-bond donors (Lipinski definition) is 1. The summed E-state index contributed by atoms with van der Waals surface area (Å²) in [6, 6.07) is 0. The van der Waals surface area contributed by atoms with E-state index in [-0.39, 0.29) is 5.41 Å². The summed E-state index contributed by atoms with van der Waals surface area (Å²) in [4.78, 5) is 4.38. The molecule has 1 unspecified atom stereocenters. The van der Waals surface area contributed by atoms with Gasteiger partial charge in [-0.25, -0.2) is 9.67 Å². The van der Waals surface area contributed by atoms with Crippen molar-refractivity contribution in [1.29, 1.82) is 0 Å². The normalized spacial score (nSPS) is 15.5.